The zero-order valence-electron chi connectivity index (χ0n) is 17.3. The van der Waals surface area contributed by atoms with Gasteiger partial charge in [0.25, 0.3) is 0 Å². The second kappa shape index (κ2) is 11.9. The Labute approximate surface area is 194 Å². The van der Waals surface area contributed by atoms with Crippen molar-refractivity contribution in [2.24, 2.45) is 0 Å². The molecule has 0 saturated carbocycles. The molecule has 3 rings (SSSR count). The fraction of sp³-hybridized carbons (Fsp3) is 0.273. The molecule has 162 valence electrons. The van der Waals surface area contributed by atoms with Gasteiger partial charge in [-0.25, -0.2) is 0 Å². The lowest BCUT2D eigenvalue weighted by Gasteiger charge is -2.13. The summed E-state index contributed by atoms with van der Waals surface area (Å²) in [6, 6.07) is 19.6. The number of nitrogens with zero attached hydrogens (tertiary/aromatic N) is 2. The van der Waals surface area contributed by atoms with Gasteiger partial charge in [0, 0.05) is 0 Å². The highest BCUT2D eigenvalue weighted by Crippen LogP contribution is 2.28. The van der Waals surface area contributed by atoms with E-state index in [1.54, 1.807) is 0 Å². The normalized spacial score (nSPS) is 12.7. The molecular formula is C22H24N4O2S3. The molecule has 0 unspecified atom stereocenters. The van der Waals surface area contributed by atoms with E-state index in [1.807, 2.05) is 74.5 Å². The number of nitrogens with one attached hydrogen (secondary N) is 2. The molecule has 0 aliphatic rings. The third kappa shape index (κ3) is 7.68. The number of hydrogen-bond acceptors (Lipinski definition) is 7. The Morgan fingerprint density at radius 2 is 1.16 bits per heavy atom. The smallest absolute Gasteiger partial charge is 0.230 e. The first-order valence-electron chi connectivity index (χ1n) is 9.79. The summed E-state index contributed by atoms with van der Waals surface area (Å²) in [6.45, 7) is 3.92. The van der Waals surface area contributed by atoms with Crippen LogP contribution in [0.1, 0.15) is 37.1 Å². The van der Waals surface area contributed by atoms with Crippen LogP contribution in [0.5, 0.6) is 0 Å². The van der Waals surface area contributed by atoms with Crippen LogP contribution in [-0.4, -0.2) is 33.5 Å². The van der Waals surface area contributed by atoms with Gasteiger partial charge in [-0.15, -0.1) is 10.2 Å². The van der Waals surface area contributed by atoms with Crippen LogP contribution < -0.4 is 10.6 Å². The predicted octanol–water partition coefficient (Wildman–Crippen LogP) is 4.48. The van der Waals surface area contributed by atoms with Crippen molar-refractivity contribution in [3.63, 3.8) is 0 Å². The van der Waals surface area contributed by atoms with Crippen LogP contribution >= 0.6 is 34.9 Å². The topological polar surface area (TPSA) is 84.0 Å². The summed E-state index contributed by atoms with van der Waals surface area (Å²) in [4.78, 5) is 24.4. The molecule has 2 N–H and O–H groups in total. The first kappa shape index (κ1) is 23.3. The highest BCUT2D eigenvalue weighted by molar-refractivity contribution is 8.03. The van der Waals surface area contributed by atoms with E-state index in [0.717, 1.165) is 11.1 Å². The van der Waals surface area contributed by atoms with E-state index < -0.39 is 0 Å². The Kier molecular flexibility index (Phi) is 8.93. The van der Waals surface area contributed by atoms with Crippen LogP contribution in [0.4, 0.5) is 0 Å². The predicted molar refractivity (Wildman–Crippen MR) is 127 cm³/mol. The summed E-state index contributed by atoms with van der Waals surface area (Å²) >= 11 is 4.09. The molecule has 1 aromatic heterocycles. The zero-order valence-corrected chi connectivity index (χ0v) is 19.7. The van der Waals surface area contributed by atoms with Crippen LogP contribution in [0.2, 0.25) is 0 Å². The maximum absolute atomic E-state index is 12.2. The average molecular weight is 473 g/mol. The lowest BCUT2D eigenvalue weighted by molar-refractivity contribution is -0.120. The van der Waals surface area contributed by atoms with E-state index in [0.29, 0.717) is 8.68 Å². The Balaban J connectivity index is 1.39. The number of rotatable bonds is 10. The summed E-state index contributed by atoms with van der Waals surface area (Å²) in [5, 5.41) is 14.2. The molecule has 9 heteroatoms. The molecule has 0 radical (unpaired) electrons. The van der Waals surface area contributed by atoms with Crippen LogP contribution in [0.25, 0.3) is 0 Å². The molecule has 0 bridgehead atoms. The SMILES string of the molecule is C[C@H](NC(=O)CSc1nnc(SCC(=O)N[C@@H](C)c2ccccc2)s1)c1ccccc1. The number of aromatic nitrogens is 2. The molecule has 2 atom stereocenters. The summed E-state index contributed by atoms with van der Waals surface area (Å²) in [5.41, 5.74) is 2.13. The lowest BCUT2D eigenvalue weighted by atomic mass is 10.1. The van der Waals surface area contributed by atoms with Gasteiger partial charge in [-0.2, -0.15) is 0 Å². The molecule has 3 aromatic rings. The number of thioether (sulfide) groups is 2. The van der Waals surface area contributed by atoms with Crippen molar-refractivity contribution in [2.45, 2.75) is 34.6 Å². The molecule has 2 amide bonds. The molecule has 0 aliphatic heterocycles. The summed E-state index contributed by atoms with van der Waals surface area (Å²) in [6.07, 6.45) is 0. The summed E-state index contributed by atoms with van der Waals surface area (Å²) in [7, 11) is 0. The average Bonchev–Trinajstić information content (AvgIpc) is 3.25. The highest BCUT2D eigenvalue weighted by atomic mass is 32.2. The van der Waals surface area contributed by atoms with Crippen LogP contribution in [-0.2, 0) is 9.59 Å². The van der Waals surface area contributed by atoms with Crippen LogP contribution in [0, 0.1) is 0 Å². The van der Waals surface area contributed by atoms with Gasteiger partial charge in [0.2, 0.25) is 11.8 Å². The molecule has 0 saturated heterocycles. The Bertz CT molecular complexity index is 905. The van der Waals surface area contributed by atoms with E-state index in [2.05, 4.69) is 20.8 Å². The Morgan fingerprint density at radius 1 is 0.774 bits per heavy atom. The van der Waals surface area contributed by atoms with Gasteiger partial charge in [-0.3, -0.25) is 9.59 Å². The molecular weight excluding hydrogens is 448 g/mol. The van der Waals surface area contributed by atoms with Crippen molar-refractivity contribution in [2.75, 3.05) is 11.5 Å². The molecule has 0 aliphatic carbocycles. The first-order chi connectivity index (χ1) is 15.0. The van der Waals surface area contributed by atoms with Gasteiger partial charge >= 0.3 is 0 Å². The number of hydrogen-bond donors (Lipinski definition) is 2. The van der Waals surface area contributed by atoms with Crippen molar-refractivity contribution >= 4 is 46.7 Å². The number of carbonyl (C=O) groups is 2. The number of benzene rings is 2. The quantitative estimate of drug-likeness (QED) is 0.424. The van der Waals surface area contributed by atoms with E-state index >= 15 is 0 Å². The van der Waals surface area contributed by atoms with Crippen molar-refractivity contribution in [3.8, 4) is 0 Å². The molecule has 6 nitrogen and oxygen atoms in total. The maximum Gasteiger partial charge on any atom is 0.230 e. The van der Waals surface area contributed by atoms with Crippen molar-refractivity contribution in [1.82, 2.24) is 20.8 Å². The van der Waals surface area contributed by atoms with Crippen molar-refractivity contribution in [1.29, 1.82) is 0 Å². The third-order valence-corrected chi connectivity index (χ3v) is 7.59. The first-order valence-corrected chi connectivity index (χ1v) is 12.6. The minimum absolute atomic E-state index is 0.0494. The van der Waals surface area contributed by atoms with Gasteiger partial charge in [0.05, 0.1) is 23.6 Å². The number of carbonyl (C=O) groups excluding carboxylic acids is 2. The maximum atomic E-state index is 12.2. The monoisotopic (exact) mass is 472 g/mol. The molecule has 2 aromatic carbocycles. The van der Waals surface area contributed by atoms with Crippen LogP contribution in [0.15, 0.2) is 69.3 Å². The highest BCUT2D eigenvalue weighted by Gasteiger charge is 2.14. The molecule has 0 fully saturated rings. The van der Waals surface area contributed by atoms with E-state index in [-0.39, 0.29) is 35.4 Å². The van der Waals surface area contributed by atoms with E-state index in [1.165, 1.54) is 34.9 Å². The summed E-state index contributed by atoms with van der Waals surface area (Å²) < 4.78 is 1.42. The lowest BCUT2D eigenvalue weighted by Crippen LogP contribution is -2.28. The van der Waals surface area contributed by atoms with Crippen molar-refractivity contribution in [3.05, 3.63) is 71.8 Å². The van der Waals surface area contributed by atoms with Gasteiger partial charge < -0.3 is 10.6 Å². The molecule has 31 heavy (non-hydrogen) atoms. The van der Waals surface area contributed by atoms with Gasteiger partial charge in [0.1, 0.15) is 0 Å². The largest absolute Gasteiger partial charge is 0.349 e. The van der Waals surface area contributed by atoms with E-state index in [4.69, 9.17) is 0 Å². The van der Waals surface area contributed by atoms with Crippen LogP contribution in [0.3, 0.4) is 0 Å². The Hall–Kier alpha value is -2.36. The third-order valence-electron chi connectivity index (χ3n) is 4.40. The minimum atomic E-state index is -0.0555. The second-order valence-corrected chi connectivity index (χ2v) is 10.2. The van der Waals surface area contributed by atoms with Crippen molar-refractivity contribution < 1.29 is 9.59 Å². The molecule has 1 heterocycles. The number of amides is 2. The minimum Gasteiger partial charge on any atom is -0.349 e. The van der Waals surface area contributed by atoms with Gasteiger partial charge in [0.15, 0.2) is 8.68 Å². The molecule has 0 spiro atoms. The van der Waals surface area contributed by atoms with Gasteiger partial charge in [-0.05, 0) is 25.0 Å². The summed E-state index contributed by atoms with van der Waals surface area (Å²) in [5.74, 6) is 0.428. The second-order valence-electron chi connectivity index (χ2n) is 6.81. The Morgan fingerprint density at radius 3 is 1.55 bits per heavy atom. The van der Waals surface area contributed by atoms with Gasteiger partial charge in [-0.1, -0.05) is 95.5 Å². The standard InChI is InChI=1S/C22H24N4O2S3/c1-15(17-9-5-3-6-10-17)23-19(27)13-29-21-25-26-22(31-21)30-14-20(28)24-16(2)18-11-7-4-8-12-18/h3-12,15-16H,13-14H2,1-2H3,(H,23,27)(H,24,28)/t15-,16-/m0/s1. The van der Waals surface area contributed by atoms with E-state index in [9.17, 15) is 9.59 Å². The fourth-order valence-electron chi connectivity index (χ4n) is 2.78. The zero-order chi connectivity index (χ0) is 22.1. The fourth-order valence-corrected chi connectivity index (χ4v) is 5.43.